The summed E-state index contributed by atoms with van der Waals surface area (Å²) in [6.45, 7) is 5.82. The van der Waals surface area contributed by atoms with Gasteiger partial charge in [0.15, 0.2) is 5.78 Å². The maximum Gasteiger partial charge on any atom is 0.227 e. The third-order valence-corrected chi connectivity index (χ3v) is 6.07. The van der Waals surface area contributed by atoms with Crippen LogP contribution in [-0.2, 0) is 9.59 Å². The molecule has 0 aromatic heterocycles. The van der Waals surface area contributed by atoms with E-state index in [1.165, 1.54) is 17.0 Å². The van der Waals surface area contributed by atoms with E-state index in [0.717, 1.165) is 5.70 Å². The first-order valence-corrected chi connectivity index (χ1v) is 10.5. The number of nitrogens with one attached hydrogen (secondary N) is 1. The standard InChI is InChI=1S/C24H24ClFN2O2/c1-4-20(30)28-18-11-6-5-10-16(18)27-17-12-24(2,3)13-19(29)22(17)23(28)21-14(25)8-7-9-15(21)26/h5-11,23,27H,4,12-13H2,1-3H3. The lowest BCUT2D eigenvalue weighted by molar-refractivity contribution is -0.119. The van der Waals surface area contributed by atoms with Gasteiger partial charge < -0.3 is 5.32 Å². The number of allylic oxidation sites excluding steroid dienone is 1. The van der Waals surface area contributed by atoms with Crippen LogP contribution in [-0.4, -0.2) is 11.7 Å². The first-order chi connectivity index (χ1) is 14.2. The Kier molecular flexibility index (Phi) is 5.18. The average molecular weight is 427 g/mol. The SMILES string of the molecule is CCC(=O)N1c2ccccc2NC2=C(C(=O)CC(C)(C)C2)C1c1c(F)cccc1Cl. The van der Waals surface area contributed by atoms with Crippen LogP contribution in [0.15, 0.2) is 53.7 Å². The van der Waals surface area contributed by atoms with Gasteiger partial charge in [0.2, 0.25) is 5.91 Å². The molecule has 0 radical (unpaired) electrons. The van der Waals surface area contributed by atoms with Crippen LogP contribution in [0.2, 0.25) is 5.02 Å². The lowest BCUT2D eigenvalue weighted by atomic mass is 9.73. The minimum atomic E-state index is -0.930. The molecule has 0 saturated heterocycles. The molecule has 1 amide bonds. The summed E-state index contributed by atoms with van der Waals surface area (Å²) in [5.41, 5.74) is 2.37. The molecule has 2 aromatic carbocycles. The first-order valence-electron chi connectivity index (χ1n) is 10.1. The summed E-state index contributed by atoms with van der Waals surface area (Å²) in [5.74, 6) is -0.843. The number of fused-ring (bicyclic) bond motifs is 1. The van der Waals surface area contributed by atoms with E-state index in [1.807, 2.05) is 38.1 Å². The van der Waals surface area contributed by atoms with Gasteiger partial charge in [-0.3, -0.25) is 14.5 Å². The summed E-state index contributed by atoms with van der Waals surface area (Å²) in [4.78, 5) is 28.1. The second-order valence-electron chi connectivity index (χ2n) is 8.63. The minimum absolute atomic E-state index is 0.0974. The molecule has 2 aromatic rings. The molecule has 1 atom stereocenters. The Morgan fingerprint density at radius 1 is 1.20 bits per heavy atom. The Labute approximate surface area is 180 Å². The first kappa shape index (κ1) is 20.6. The second kappa shape index (κ2) is 7.55. The number of halogens is 2. The van der Waals surface area contributed by atoms with Gasteiger partial charge in [-0.1, -0.05) is 50.6 Å². The van der Waals surface area contributed by atoms with Crippen LogP contribution in [0.25, 0.3) is 0 Å². The highest BCUT2D eigenvalue weighted by Gasteiger charge is 2.44. The summed E-state index contributed by atoms with van der Waals surface area (Å²) in [6, 6.07) is 10.9. The highest BCUT2D eigenvalue weighted by Crippen LogP contribution is 2.49. The van der Waals surface area contributed by atoms with Crippen molar-refractivity contribution in [2.75, 3.05) is 10.2 Å². The van der Waals surface area contributed by atoms with E-state index in [4.69, 9.17) is 11.6 Å². The maximum absolute atomic E-state index is 15.1. The number of carbonyl (C=O) groups is 2. The smallest absolute Gasteiger partial charge is 0.227 e. The normalized spacial score (nSPS) is 20.2. The zero-order valence-corrected chi connectivity index (χ0v) is 18.0. The van der Waals surface area contributed by atoms with Crippen molar-refractivity contribution in [1.82, 2.24) is 0 Å². The fourth-order valence-electron chi connectivity index (χ4n) is 4.48. The average Bonchev–Trinajstić information content (AvgIpc) is 2.80. The molecular formula is C24H24ClFN2O2. The number of benzene rings is 2. The van der Waals surface area contributed by atoms with Gasteiger partial charge in [-0.15, -0.1) is 0 Å². The summed E-state index contributed by atoms with van der Waals surface area (Å²) >= 11 is 6.46. The van der Waals surface area contributed by atoms with Crippen LogP contribution in [0.4, 0.5) is 15.8 Å². The zero-order chi connectivity index (χ0) is 21.6. The summed E-state index contributed by atoms with van der Waals surface area (Å²) in [5, 5.41) is 3.59. The molecule has 1 aliphatic carbocycles. The number of ketones is 1. The van der Waals surface area contributed by atoms with E-state index >= 15 is 4.39 Å². The number of nitrogens with zero attached hydrogens (tertiary/aromatic N) is 1. The molecule has 1 N–H and O–H groups in total. The number of hydrogen-bond donors (Lipinski definition) is 1. The van der Waals surface area contributed by atoms with Crippen molar-refractivity contribution in [1.29, 1.82) is 0 Å². The predicted octanol–water partition coefficient (Wildman–Crippen LogP) is 6.03. The van der Waals surface area contributed by atoms with Crippen molar-refractivity contribution in [3.05, 3.63) is 70.1 Å². The van der Waals surface area contributed by atoms with Gasteiger partial charge in [0.05, 0.1) is 17.4 Å². The third kappa shape index (κ3) is 3.41. The third-order valence-electron chi connectivity index (χ3n) is 5.75. The molecular weight excluding hydrogens is 403 g/mol. The summed E-state index contributed by atoms with van der Waals surface area (Å²) in [7, 11) is 0. The predicted molar refractivity (Wildman–Crippen MR) is 117 cm³/mol. The Morgan fingerprint density at radius 2 is 1.93 bits per heavy atom. The van der Waals surface area contributed by atoms with Gasteiger partial charge >= 0.3 is 0 Å². The number of anilines is 2. The Bertz CT molecular complexity index is 1060. The second-order valence-corrected chi connectivity index (χ2v) is 9.04. The Morgan fingerprint density at radius 3 is 2.63 bits per heavy atom. The maximum atomic E-state index is 15.1. The van der Waals surface area contributed by atoms with Gasteiger partial charge in [0.1, 0.15) is 5.82 Å². The van der Waals surface area contributed by atoms with Crippen molar-refractivity contribution in [2.24, 2.45) is 5.41 Å². The van der Waals surface area contributed by atoms with Gasteiger partial charge in [0, 0.05) is 34.7 Å². The number of rotatable bonds is 2. The molecule has 30 heavy (non-hydrogen) atoms. The Balaban J connectivity index is 2.07. The number of carbonyl (C=O) groups excluding carboxylic acids is 2. The highest BCUT2D eigenvalue weighted by molar-refractivity contribution is 6.31. The molecule has 1 aliphatic heterocycles. The van der Waals surface area contributed by atoms with Gasteiger partial charge in [-0.25, -0.2) is 4.39 Å². The molecule has 1 heterocycles. The minimum Gasteiger partial charge on any atom is -0.357 e. The van der Waals surface area contributed by atoms with Crippen LogP contribution in [0.1, 0.15) is 51.6 Å². The number of para-hydroxylation sites is 2. The fourth-order valence-corrected chi connectivity index (χ4v) is 4.74. The molecule has 2 aliphatic rings. The van der Waals surface area contributed by atoms with Crippen LogP contribution < -0.4 is 10.2 Å². The fraction of sp³-hybridized carbons (Fsp3) is 0.333. The van der Waals surface area contributed by atoms with E-state index in [1.54, 1.807) is 13.0 Å². The molecule has 156 valence electrons. The molecule has 0 fully saturated rings. The summed E-state index contributed by atoms with van der Waals surface area (Å²) in [6.07, 6.45) is 1.14. The molecule has 6 heteroatoms. The molecule has 1 unspecified atom stereocenters. The molecule has 0 spiro atoms. The van der Waals surface area contributed by atoms with Crippen LogP contribution in [0.5, 0.6) is 0 Å². The van der Waals surface area contributed by atoms with E-state index < -0.39 is 11.9 Å². The van der Waals surface area contributed by atoms with Crippen molar-refractivity contribution in [2.45, 2.75) is 46.1 Å². The lowest BCUT2D eigenvalue weighted by Crippen LogP contribution is -2.39. The van der Waals surface area contributed by atoms with Crippen molar-refractivity contribution in [3.8, 4) is 0 Å². The number of Topliss-reactive ketones (excluding diaryl/α,β-unsaturated/α-hetero) is 1. The van der Waals surface area contributed by atoms with E-state index in [2.05, 4.69) is 5.32 Å². The quantitative estimate of drug-likeness (QED) is 0.637. The lowest BCUT2D eigenvalue weighted by Gasteiger charge is -2.37. The molecule has 4 rings (SSSR count). The highest BCUT2D eigenvalue weighted by atomic mass is 35.5. The van der Waals surface area contributed by atoms with E-state index in [9.17, 15) is 9.59 Å². The van der Waals surface area contributed by atoms with Crippen LogP contribution >= 0.6 is 11.6 Å². The summed E-state index contributed by atoms with van der Waals surface area (Å²) < 4.78 is 15.1. The van der Waals surface area contributed by atoms with Crippen LogP contribution in [0, 0.1) is 11.2 Å². The van der Waals surface area contributed by atoms with Crippen molar-refractivity contribution < 1.29 is 14.0 Å². The zero-order valence-electron chi connectivity index (χ0n) is 17.3. The van der Waals surface area contributed by atoms with Crippen LogP contribution in [0.3, 0.4) is 0 Å². The van der Waals surface area contributed by atoms with E-state index in [0.29, 0.717) is 29.8 Å². The number of amides is 1. The van der Waals surface area contributed by atoms with Crippen molar-refractivity contribution >= 4 is 34.7 Å². The monoisotopic (exact) mass is 426 g/mol. The topological polar surface area (TPSA) is 49.4 Å². The molecule has 0 saturated carbocycles. The Hall–Kier alpha value is -2.66. The molecule has 4 nitrogen and oxygen atoms in total. The van der Waals surface area contributed by atoms with Gasteiger partial charge in [-0.2, -0.15) is 0 Å². The molecule has 0 bridgehead atoms. The van der Waals surface area contributed by atoms with Gasteiger partial charge in [0.25, 0.3) is 0 Å². The van der Waals surface area contributed by atoms with Crippen molar-refractivity contribution in [3.63, 3.8) is 0 Å². The number of hydrogen-bond acceptors (Lipinski definition) is 3. The largest absolute Gasteiger partial charge is 0.357 e. The van der Waals surface area contributed by atoms with Gasteiger partial charge in [-0.05, 0) is 36.1 Å². The van der Waals surface area contributed by atoms with E-state index in [-0.39, 0.29) is 34.1 Å².